The number of para-hydroxylation sites is 1. The zero-order valence-electron chi connectivity index (χ0n) is 27.7. The summed E-state index contributed by atoms with van der Waals surface area (Å²) in [6.07, 6.45) is 3.96. The zero-order chi connectivity index (χ0) is 35.8. The molecule has 0 spiro atoms. The molecule has 13 heteroatoms. The molecule has 2 aliphatic rings. The van der Waals surface area contributed by atoms with Gasteiger partial charge in [-0.05, 0) is 60.9 Å². The highest BCUT2D eigenvalue weighted by Gasteiger charge is 2.33. The number of carbonyl (C=O) groups is 3. The van der Waals surface area contributed by atoms with Crippen molar-refractivity contribution in [2.45, 2.75) is 55.4 Å². The van der Waals surface area contributed by atoms with Gasteiger partial charge in [0, 0.05) is 34.7 Å². The lowest BCUT2D eigenvalue weighted by Crippen LogP contribution is -2.52. The Hall–Kier alpha value is -4.53. The normalized spacial score (nSPS) is 18.1. The van der Waals surface area contributed by atoms with Crippen molar-refractivity contribution in [1.29, 1.82) is 0 Å². The second-order valence-corrected chi connectivity index (χ2v) is 14.7. The van der Waals surface area contributed by atoms with Gasteiger partial charge in [-0.2, -0.15) is 8.42 Å². The number of anilines is 1. The summed E-state index contributed by atoms with van der Waals surface area (Å²) in [5.74, 6) is -0.655. The molecule has 1 heterocycles. The first-order valence-corrected chi connectivity index (χ1v) is 18.2. The van der Waals surface area contributed by atoms with Crippen molar-refractivity contribution >= 4 is 55.9 Å². The van der Waals surface area contributed by atoms with Gasteiger partial charge in [0.25, 0.3) is 11.8 Å². The predicted molar refractivity (Wildman–Crippen MR) is 195 cm³/mol. The molecule has 50 heavy (non-hydrogen) atoms. The third kappa shape index (κ3) is 9.17. The summed E-state index contributed by atoms with van der Waals surface area (Å²) in [6, 6.07) is 21.8. The third-order valence-corrected chi connectivity index (χ3v) is 10.3. The van der Waals surface area contributed by atoms with E-state index in [4.69, 9.17) is 5.11 Å². The van der Waals surface area contributed by atoms with Crippen LogP contribution in [0.3, 0.4) is 0 Å². The van der Waals surface area contributed by atoms with Crippen LogP contribution in [0, 0.1) is 0 Å². The number of nitrogens with zero attached hydrogens (tertiary/aromatic N) is 1. The van der Waals surface area contributed by atoms with Crippen molar-refractivity contribution < 1.29 is 33.0 Å². The lowest BCUT2D eigenvalue weighted by molar-refractivity contribution is -0.128. The van der Waals surface area contributed by atoms with Crippen molar-refractivity contribution in [3.8, 4) is 0 Å². The van der Waals surface area contributed by atoms with Crippen LogP contribution < -0.4 is 20.9 Å². The lowest BCUT2D eigenvalue weighted by Gasteiger charge is -2.29. The lowest BCUT2D eigenvalue weighted by atomic mass is 9.91. The molecule has 0 radical (unpaired) electrons. The van der Waals surface area contributed by atoms with E-state index in [0.717, 1.165) is 16.1 Å². The highest BCUT2D eigenvalue weighted by atomic mass is 32.2. The molecule has 0 aromatic heterocycles. The first-order chi connectivity index (χ1) is 24.0. The molecule has 0 saturated carbocycles. The van der Waals surface area contributed by atoms with Crippen LogP contribution in [0.1, 0.15) is 41.8 Å². The maximum atomic E-state index is 14.0. The number of benzene rings is 3. The van der Waals surface area contributed by atoms with Gasteiger partial charge in [-0.3, -0.25) is 14.4 Å². The smallest absolute Gasteiger partial charge is 0.252 e. The zero-order valence-corrected chi connectivity index (χ0v) is 29.3. The van der Waals surface area contributed by atoms with Crippen molar-refractivity contribution in [3.63, 3.8) is 0 Å². The molecule has 3 amide bonds. The van der Waals surface area contributed by atoms with Gasteiger partial charge in [-0.25, -0.2) is 0 Å². The van der Waals surface area contributed by atoms with Crippen molar-refractivity contribution in [2.75, 3.05) is 23.8 Å². The number of carbonyl (C=O) groups excluding carboxylic acids is 3. The van der Waals surface area contributed by atoms with Gasteiger partial charge < -0.3 is 31.1 Å². The average molecular weight is 717 g/mol. The van der Waals surface area contributed by atoms with E-state index in [-0.39, 0.29) is 36.2 Å². The van der Waals surface area contributed by atoms with Crippen molar-refractivity contribution in [2.24, 2.45) is 0 Å². The van der Waals surface area contributed by atoms with Gasteiger partial charge in [-0.1, -0.05) is 66.7 Å². The SMILES string of the molecule is CC(C)(CC(=O)N[C@@H]1CSc2ccccc2N(Cc2ccc(C3=CC=CC(=S(=O)=O)C3NC(=O)c3ccccc3)cc2)C1=O)NC[C@H](O)CO. The number of nitrogens with one attached hydrogen (secondary N) is 3. The summed E-state index contributed by atoms with van der Waals surface area (Å²) < 4.78 is 24.3. The molecule has 3 aromatic rings. The molecule has 1 aliphatic carbocycles. The van der Waals surface area contributed by atoms with Crippen molar-refractivity contribution in [1.82, 2.24) is 16.0 Å². The first-order valence-electron chi connectivity index (χ1n) is 16.1. The van der Waals surface area contributed by atoms with Crippen molar-refractivity contribution in [3.05, 3.63) is 114 Å². The van der Waals surface area contributed by atoms with E-state index >= 15 is 0 Å². The largest absolute Gasteiger partial charge is 0.394 e. The summed E-state index contributed by atoms with van der Waals surface area (Å²) in [5.41, 5.74) is 2.53. The van der Waals surface area contributed by atoms with Crippen LogP contribution in [0.2, 0.25) is 0 Å². The Morgan fingerprint density at radius 2 is 1.70 bits per heavy atom. The highest BCUT2D eigenvalue weighted by Crippen LogP contribution is 2.35. The molecule has 0 saturated heterocycles. The minimum absolute atomic E-state index is 0.0372. The Labute approximate surface area is 297 Å². The summed E-state index contributed by atoms with van der Waals surface area (Å²) in [7, 11) is -2.58. The van der Waals surface area contributed by atoms with Crippen LogP contribution >= 0.6 is 11.8 Å². The highest BCUT2D eigenvalue weighted by molar-refractivity contribution is 7.99. The number of hydrogen-bond acceptors (Lipinski definition) is 9. The molecule has 0 bridgehead atoms. The number of thioether (sulfide) groups is 1. The molecule has 3 atom stereocenters. The van der Waals surface area contributed by atoms with E-state index in [9.17, 15) is 27.9 Å². The fourth-order valence-electron chi connectivity index (χ4n) is 5.73. The van der Waals surface area contributed by atoms with Crippen LogP contribution in [-0.4, -0.2) is 83.8 Å². The molecule has 1 unspecified atom stereocenters. The van der Waals surface area contributed by atoms with Crippen LogP contribution in [0.15, 0.2) is 102 Å². The molecule has 11 nitrogen and oxygen atoms in total. The molecular weight excluding hydrogens is 677 g/mol. The number of allylic oxidation sites excluding steroid dienone is 2. The second kappa shape index (κ2) is 16.5. The summed E-state index contributed by atoms with van der Waals surface area (Å²) in [4.78, 5) is 42.8. The molecule has 5 rings (SSSR count). The molecule has 1 aliphatic heterocycles. The Kier molecular flexibility index (Phi) is 12.1. The Morgan fingerprint density at radius 3 is 2.40 bits per heavy atom. The molecule has 5 N–H and O–H groups in total. The van der Waals surface area contributed by atoms with Crippen LogP contribution in [-0.2, 0) is 26.4 Å². The summed E-state index contributed by atoms with van der Waals surface area (Å²) in [5, 5.41) is 27.7. The van der Waals surface area contributed by atoms with Gasteiger partial charge in [-0.15, -0.1) is 11.8 Å². The number of hydrogen-bond donors (Lipinski definition) is 5. The topological polar surface area (TPSA) is 165 Å². The van der Waals surface area contributed by atoms with E-state index in [0.29, 0.717) is 22.5 Å². The minimum atomic E-state index is -2.58. The van der Waals surface area contributed by atoms with E-state index in [2.05, 4.69) is 16.0 Å². The molecule has 0 fully saturated rings. The van der Waals surface area contributed by atoms with Crippen LogP contribution in [0.25, 0.3) is 5.57 Å². The van der Waals surface area contributed by atoms with E-state index in [1.165, 1.54) is 17.8 Å². The number of rotatable bonds is 12. The maximum Gasteiger partial charge on any atom is 0.252 e. The minimum Gasteiger partial charge on any atom is -0.394 e. The molecule has 262 valence electrons. The number of amides is 3. The molecule has 3 aromatic carbocycles. The van der Waals surface area contributed by atoms with Gasteiger partial charge in [0.15, 0.2) is 0 Å². The monoisotopic (exact) mass is 716 g/mol. The first kappa shape index (κ1) is 36.7. The quantitative estimate of drug-likeness (QED) is 0.177. The number of aliphatic hydroxyl groups is 2. The van der Waals surface area contributed by atoms with E-state index in [1.54, 1.807) is 47.4 Å². The fraction of sp³-hybridized carbons (Fsp3) is 0.297. The predicted octanol–water partition coefficient (Wildman–Crippen LogP) is 2.73. The third-order valence-electron chi connectivity index (χ3n) is 8.35. The van der Waals surface area contributed by atoms with Gasteiger partial charge in [0.05, 0.1) is 35.8 Å². The standard InChI is InChI=1S/C37H40N4O7S2/c1-37(2,38-20-27(43)22-42)19-33(44)39-29-23-49-31-13-7-6-12-30(31)41(36(29)46)21-24-15-17-25(18-16-24)28-11-8-14-32(50(47)48)34(28)40-35(45)26-9-4-3-5-10-26/h3-18,27,29,34,38,42-43H,19-23H2,1-2H3,(H,39,44)(H,40,45)/t27-,29+,34?/m0/s1. The van der Waals surface area contributed by atoms with Gasteiger partial charge >= 0.3 is 0 Å². The summed E-state index contributed by atoms with van der Waals surface area (Å²) >= 11 is 1.49. The van der Waals surface area contributed by atoms with Crippen LogP contribution in [0.5, 0.6) is 0 Å². The number of β-amino-alcohol motifs (C(OH)–C–C–N with tert-alkyl or cyclic N) is 1. The van der Waals surface area contributed by atoms with Gasteiger partial charge in [0.2, 0.25) is 16.2 Å². The molecular formula is C37H40N4O7S2. The Morgan fingerprint density at radius 1 is 1.00 bits per heavy atom. The summed E-state index contributed by atoms with van der Waals surface area (Å²) in [6.45, 7) is 3.55. The number of aliphatic hydroxyl groups excluding tert-OH is 2. The number of fused-ring (bicyclic) bond motifs is 1. The second-order valence-electron chi connectivity index (χ2n) is 12.7. The Balaban J connectivity index is 1.34. The Bertz CT molecular complexity index is 1920. The maximum absolute atomic E-state index is 14.0. The average Bonchev–Trinajstić information content (AvgIpc) is 3.23. The fourth-order valence-corrected chi connectivity index (χ4v) is 7.37. The van der Waals surface area contributed by atoms with Crippen LogP contribution in [0.4, 0.5) is 5.69 Å². The van der Waals surface area contributed by atoms with E-state index in [1.807, 2.05) is 62.4 Å². The van der Waals surface area contributed by atoms with E-state index < -0.39 is 46.5 Å². The van der Waals surface area contributed by atoms with Gasteiger partial charge in [0.1, 0.15) is 6.04 Å².